The highest BCUT2D eigenvalue weighted by Gasteiger charge is 2.03. The van der Waals surface area contributed by atoms with Crippen LogP contribution in [0.1, 0.15) is 5.82 Å². The first kappa shape index (κ1) is 10.4. The molecule has 0 aliphatic heterocycles. The van der Waals surface area contributed by atoms with Crippen molar-refractivity contribution in [1.82, 2.24) is 19.6 Å². The maximum absolute atomic E-state index is 5.44. The number of hydrogen-bond acceptors (Lipinski definition) is 4. The maximum atomic E-state index is 5.44. The van der Waals surface area contributed by atoms with Gasteiger partial charge in [-0.3, -0.25) is 4.40 Å². The molecule has 0 radical (unpaired) electrons. The monoisotopic (exact) mass is 263 g/mol. The normalized spacial score (nSPS) is 10.0. The molecule has 7 heteroatoms. The molecular formula is C6H7BrClN5. The van der Waals surface area contributed by atoms with Crippen molar-refractivity contribution < 1.29 is 0 Å². The molecule has 0 aromatic carbocycles. The van der Waals surface area contributed by atoms with Gasteiger partial charge in [0.25, 0.3) is 5.78 Å². The minimum absolute atomic E-state index is 0. The van der Waals surface area contributed by atoms with Crippen LogP contribution < -0.4 is 5.73 Å². The fourth-order valence-corrected chi connectivity index (χ4v) is 1.26. The minimum atomic E-state index is 0. The summed E-state index contributed by atoms with van der Waals surface area (Å²) >= 11 is 3.30. The number of nitrogens with two attached hydrogens (primary N) is 1. The van der Waals surface area contributed by atoms with E-state index >= 15 is 0 Å². The van der Waals surface area contributed by atoms with Crippen LogP contribution in [0.2, 0.25) is 0 Å². The minimum Gasteiger partial charge on any atom is -0.324 e. The van der Waals surface area contributed by atoms with Crippen LogP contribution in [0.4, 0.5) is 0 Å². The average Bonchev–Trinajstić information content (AvgIpc) is 2.46. The van der Waals surface area contributed by atoms with Gasteiger partial charge < -0.3 is 5.73 Å². The van der Waals surface area contributed by atoms with Crippen LogP contribution in [0.25, 0.3) is 5.78 Å². The Kier molecular flexibility index (Phi) is 3.18. The predicted octanol–water partition coefficient (Wildman–Crippen LogP) is 0.767. The number of rotatable bonds is 1. The second-order valence-corrected chi connectivity index (χ2v) is 3.18. The van der Waals surface area contributed by atoms with E-state index in [-0.39, 0.29) is 12.4 Å². The molecule has 70 valence electrons. The molecule has 0 bridgehead atoms. The van der Waals surface area contributed by atoms with Gasteiger partial charge in [-0.25, -0.2) is 4.98 Å². The Hall–Kier alpha value is -0.720. The van der Waals surface area contributed by atoms with E-state index in [2.05, 4.69) is 31.1 Å². The van der Waals surface area contributed by atoms with Gasteiger partial charge >= 0.3 is 0 Å². The van der Waals surface area contributed by atoms with Gasteiger partial charge in [-0.1, -0.05) is 0 Å². The summed E-state index contributed by atoms with van der Waals surface area (Å²) in [6.45, 7) is 0.360. The second kappa shape index (κ2) is 3.99. The van der Waals surface area contributed by atoms with Gasteiger partial charge in [-0.2, -0.15) is 0 Å². The van der Waals surface area contributed by atoms with E-state index in [1.807, 2.05) is 6.20 Å². The summed E-state index contributed by atoms with van der Waals surface area (Å²) in [5.41, 5.74) is 5.44. The Morgan fingerprint density at radius 2 is 2.23 bits per heavy atom. The van der Waals surface area contributed by atoms with E-state index < -0.39 is 0 Å². The van der Waals surface area contributed by atoms with Crippen molar-refractivity contribution >= 4 is 34.1 Å². The van der Waals surface area contributed by atoms with Crippen molar-refractivity contribution in [3.05, 3.63) is 22.7 Å². The Bertz CT molecular complexity index is 414. The van der Waals surface area contributed by atoms with Crippen molar-refractivity contribution in [2.45, 2.75) is 6.54 Å². The standard InChI is InChI=1S/C6H6BrN5.ClH/c7-4-2-9-6-11-10-5(1-8)12(6)3-4;/h2-3H,1,8H2;1H. The third-order valence-corrected chi connectivity index (χ3v) is 1.90. The summed E-state index contributed by atoms with van der Waals surface area (Å²) in [6.07, 6.45) is 3.51. The zero-order valence-corrected chi connectivity index (χ0v) is 8.92. The van der Waals surface area contributed by atoms with Crippen molar-refractivity contribution in [3.63, 3.8) is 0 Å². The number of hydrogen-bond donors (Lipinski definition) is 1. The average molecular weight is 265 g/mol. The first-order chi connectivity index (χ1) is 5.81. The SMILES string of the molecule is Cl.NCc1nnc2ncc(Br)cn12. The first-order valence-electron chi connectivity index (χ1n) is 3.36. The topological polar surface area (TPSA) is 69.1 Å². The molecule has 0 amide bonds. The van der Waals surface area contributed by atoms with Crippen molar-refractivity contribution in [2.24, 2.45) is 5.73 Å². The second-order valence-electron chi connectivity index (χ2n) is 2.26. The van der Waals surface area contributed by atoms with E-state index in [0.717, 1.165) is 4.47 Å². The van der Waals surface area contributed by atoms with Crippen molar-refractivity contribution in [1.29, 1.82) is 0 Å². The molecule has 2 rings (SSSR count). The van der Waals surface area contributed by atoms with Gasteiger partial charge in [0.05, 0.1) is 11.0 Å². The van der Waals surface area contributed by atoms with Crippen LogP contribution in [0.3, 0.4) is 0 Å². The maximum Gasteiger partial charge on any atom is 0.255 e. The number of nitrogens with zero attached hydrogens (tertiary/aromatic N) is 4. The molecule has 2 heterocycles. The molecule has 0 aliphatic carbocycles. The lowest BCUT2D eigenvalue weighted by molar-refractivity contribution is 0.879. The van der Waals surface area contributed by atoms with Crippen LogP contribution >= 0.6 is 28.3 Å². The van der Waals surface area contributed by atoms with Gasteiger partial charge in [0, 0.05) is 12.4 Å². The van der Waals surface area contributed by atoms with E-state index in [1.54, 1.807) is 10.6 Å². The summed E-state index contributed by atoms with van der Waals surface area (Å²) < 4.78 is 2.63. The van der Waals surface area contributed by atoms with Gasteiger partial charge in [-0.15, -0.1) is 22.6 Å². The molecule has 5 nitrogen and oxygen atoms in total. The van der Waals surface area contributed by atoms with Crippen molar-refractivity contribution in [3.8, 4) is 0 Å². The first-order valence-corrected chi connectivity index (χ1v) is 4.16. The van der Waals surface area contributed by atoms with E-state index in [9.17, 15) is 0 Å². The quantitative estimate of drug-likeness (QED) is 0.826. The van der Waals surface area contributed by atoms with Gasteiger partial charge in [0.1, 0.15) is 0 Å². The molecule has 2 aromatic rings. The smallest absolute Gasteiger partial charge is 0.255 e. The van der Waals surface area contributed by atoms with Crippen LogP contribution in [0, 0.1) is 0 Å². The summed E-state index contributed by atoms with van der Waals surface area (Å²) in [4.78, 5) is 4.04. The fraction of sp³-hybridized carbons (Fsp3) is 0.167. The lowest BCUT2D eigenvalue weighted by Gasteiger charge is -1.94. The van der Waals surface area contributed by atoms with Crippen LogP contribution in [0.15, 0.2) is 16.9 Å². The predicted molar refractivity (Wildman–Crippen MR) is 53.6 cm³/mol. The van der Waals surface area contributed by atoms with Gasteiger partial charge in [-0.05, 0) is 15.9 Å². The molecule has 2 aromatic heterocycles. The molecule has 0 spiro atoms. The Balaban J connectivity index is 0.000000845. The molecule has 2 N–H and O–H groups in total. The summed E-state index contributed by atoms with van der Waals surface area (Å²) in [5, 5.41) is 7.69. The number of fused-ring (bicyclic) bond motifs is 1. The largest absolute Gasteiger partial charge is 0.324 e. The molecular weight excluding hydrogens is 257 g/mol. The highest BCUT2D eigenvalue weighted by Crippen LogP contribution is 2.08. The zero-order chi connectivity index (χ0) is 8.55. The molecule has 0 fully saturated rings. The number of halogens is 2. The van der Waals surface area contributed by atoms with Crippen LogP contribution in [-0.2, 0) is 6.54 Å². The Morgan fingerprint density at radius 3 is 2.92 bits per heavy atom. The molecule has 0 saturated carbocycles. The third kappa shape index (κ3) is 1.79. The highest BCUT2D eigenvalue weighted by molar-refractivity contribution is 9.10. The molecule has 0 atom stereocenters. The van der Waals surface area contributed by atoms with E-state index in [1.165, 1.54) is 0 Å². The molecule has 0 saturated heterocycles. The molecule has 13 heavy (non-hydrogen) atoms. The summed E-state index contributed by atoms with van der Waals surface area (Å²) in [6, 6.07) is 0. The molecule has 0 aliphatic rings. The lowest BCUT2D eigenvalue weighted by atomic mass is 10.6. The van der Waals surface area contributed by atoms with E-state index in [0.29, 0.717) is 18.1 Å². The van der Waals surface area contributed by atoms with Crippen LogP contribution in [0.5, 0.6) is 0 Å². The van der Waals surface area contributed by atoms with Gasteiger partial charge in [0.15, 0.2) is 5.82 Å². The Morgan fingerprint density at radius 1 is 1.46 bits per heavy atom. The van der Waals surface area contributed by atoms with Crippen LogP contribution in [-0.4, -0.2) is 19.6 Å². The highest BCUT2D eigenvalue weighted by atomic mass is 79.9. The van der Waals surface area contributed by atoms with Crippen molar-refractivity contribution in [2.75, 3.05) is 0 Å². The third-order valence-electron chi connectivity index (χ3n) is 1.49. The number of aromatic nitrogens is 4. The summed E-state index contributed by atoms with van der Waals surface area (Å²) in [5.74, 6) is 1.28. The summed E-state index contributed by atoms with van der Waals surface area (Å²) in [7, 11) is 0. The fourth-order valence-electron chi connectivity index (χ4n) is 0.950. The molecule has 0 unspecified atom stereocenters. The Labute approximate surface area is 88.9 Å². The lowest BCUT2D eigenvalue weighted by Crippen LogP contribution is -2.02. The zero-order valence-electron chi connectivity index (χ0n) is 6.51. The van der Waals surface area contributed by atoms with Gasteiger partial charge in [0.2, 0.25) is 0 Å². The van der Waals surface area contributed by atoms with E-state index in [4.69, 9.17) is 5.73 Å².